The number of hydrogen-bond acceptors (Lipinski definition) is 6. The van der Waals surface area contributed by atoms with Crippen molar-refractivity contribution in [3.05, 3.63) is 57.2 Å². The molecule has 0 saturated heterocycles. The van der Waals surface area contributed by atoms with Crippen molar-refractivity contribution in [3.63, 3.8) is 0 Å². The third kappa shape index (κ3) is 3.91. The zero-order valence-electron chi connectivity index (χ0n) is 19.4. The Morgan fingerprint density at radius 2 is 2.09 bits per heavy atom. The lowest BCUT2D eigenvalue weighted by Gasteiger charge is -2.41. The SMILES string of the molecule is Cc1nc2c3c(nn2c(C)c1Cl)CN(C(=O)c1ccc(F)cc1O[C@H]1C[C@@H](N(C)CCO)C1)C3. The molecule has 3 aromatic rings. The number of ether oxygens (including phenoxy) is 1. The molecule has 3 heterocycles. The third-order valence-electron chi connectivity index (χ3n) is 6.86. The van der Waals surface area contributed by atoms with Gasteiger partial charge >= 0.3 is 0 Å². The summed E-state index contributed by atoms with van der Waals surface area (Å²) in [6, 6.07) is 4.35. The molecule has 2 aromatic heterocycles. The summed E-state index contributed by atoms with van der Waals surface area (Å²) in [7, 11) is 1.96. The number of likely N-dealkylation sites (N-methyl/N-ethyl adjacent to an activating group) is 1. The maximum Gasteiger partial charge on any atom is 0.258 e. The second-order valence-electron chi connectivity index (χ2n) is 9.13. The van der Waals surface area contributed by atoms with E-state index >= 15 is 0 Å². The van der Waals surface area contributed by atoms with E-state index in [4.69, 9.17) is 21.4 Å². The number of aromatic nitrogens is 3. The molecule has 1 N–H and O–H groups in total. The number of carbonyl (C=O) groups excluding carboxylic acids is 1. The van der Waals surface area contributed by atoms with Crippen LogP contribution in [0.2, 0.25) is 5.02 Å². The zero-order chi connectivity index (χ0) is 24.1. The predicted molar refractivity (Wildman–Crippen MR) is 125 cm³/mol. The van der Waals surface area contributed by atoms with Crippen LogP contribution < -0.4 is 4.74 Å². The van der Waals surface area contributed by atoms with E-state index in [0.29, 0.717) is 41.9 Å². The molecular weight excluding hydrogens is 461 g/mol. The summed E-state index contributed by atoms with van der Waals surface area (Å²) in [6.07, 6.45) is 1.43. The molecule has 0 unspecified atom stereocenters. The molecule has 1 saturated carbocycles. The number of rotatable bonds is 6. The van der Waals surface area contributed by atoms with E-state index in [2.05, 4.69) is 15.0 Å². The standard InChI is InChI=1S/C24H27ClFN5O3/c1-13-22(25)14(2)31-23(27-13)19-11-30(12-20(19)28-31)24(33)18-5-4-15(26)8-21(18)34-17-9-16(10-17)29(3)6-7-32/h4-5,8,16-17,32H,6-7,9-12H2,1-3H3/t16-,17+. The van der Waals surface area contributed by atoms with Gasteiger partial charge in [-0.05, 0) is 33.0 Å². The van der Waals surface area contributed by atoms with E-state index in [0.717, 1.165) is 35.5 Å². The molecule has 1 aliphatic heterocycles. The highest BCUT2D eigenvalue weighted by atomic mass is 35.5. The lowest BCUT2D eigenvalue weighted by molar-refractivity contribution is 0.0219. The van der Waals surface area contributed by atoms with E-state index in [9.17, 15) is 9.18 Å². The van der Waals surface area contributed by atoms with Crippen LogP contribution >= 0.6 is 11.6 Å². The summed E-state index contributed by atoms with van der Waals surface area (Å²) in [4.78, 5) is 21.8. The summed E-state index contributed by atoms with van der Waals surface area (Å²) >= 11 is 6.32. The average molecular weight is 488 g/mol. The van der Waals surface area contributed by atoms with Crippen molar-refractivity contribution in [2.75, 3.05) is 20.2 Å². The molecule has 0 spiro atoms. The first-order valence-corrected chi connectivity index (χ1v) is 11.7. The number of halogens is 2. The minimum absolute atomic E-state index is 0.0978. The first kappa shape index (κ1) is 23.0. The highest BCUT2D eigenvalue weighted by molar-refractivity contribution is 6.31. The van der Waals surface area contributed by atoms with E-state index in [1.807, 2.05) is 20.9 Å². The van der Waals surface area contributed by atoms with Gasteiger partial charge in [0.2, 0.25) is 0 Å². The lowest BCUT2D eigenvalue weighted by atomic mass is 9.88. The average Bonchev–Trinajstić information content (AvgIpc) is 3.33. The number of aliphatic hydroxyl groups is 1. The van der Waals surface area contributed by atoms with E-state index in [1.165, 1.54) is 18.2 Å². The molecule has 1 amide bonds. The van der Waals surface area contributed by atoms with E-state index in [-0.39, 0.29) is 24.4 Å². The Balaban J connectivity index is 1.34. The molecule has 1 aromatic carbocycles. The van der Waals surface area contributed by atoms with Crippen molar-refractivity contribution in [1.82, 2.24) is 24.4 Å². The number of benzene rings is 1. The van der Waals surface area contributed by atoms with Crippen molar-refractivity contribution in [2.24, 2.45) is 0 Å². The van der Waals surface area contributed by atoms with Crippen molar-refractivity contribution in [3.8, 4) is 5.75 Å². The van der Waals surface area contributed by atoms with Crippen LogP contribution in [0.5, 0.6) is 5.75 Å². The van der Waals surface area contributed by atoms with E-state index in [1.54, 1.807) is 9.42 Å². The van der Waals surface area contributed by atoms with Gasteiger partial charge in [0.15, 0.2) is 5.65 Å². The van der Waals surface area contributed by atoms with Crippen molar-refractivity contribution < 1.29 is 19.0 Å². The Labute approximate surface area is 201 Å². The molecule has 0 atom stereocenters. The Kier molecular flexibility index (Phi) is 5.95. The largest absolute Gasteiger partial charge is 0.489 e. The number of aliphatic hydroxyl groups excluding tert-OH is 1. The fourth-order valence-electron chi connectivity index (χ4n) is 4.71. The Bertz CT molecular complexity index is 1270. The molecule has 5 rings (SSSR count). The first-order chi connectivity index (χ1) is 16.3. The number of aryl methyl sites for hydroxylation is 2. The predicted octanol–water partition coefficient (Wildman–Crippen LogP) is 3.13. The van der Waals surface area contributed by atoms with Crippen LogP contribution in [0.25, 0.3) is 5.65 Å². The van der Waals surface area contributed by atoms with Gasteiger partial charge in [-0.15, -0.1) is 0 Å². The Hall–Kier alpha value is -2.75. The molecule has 1 aliphatic carbocycles. The van der Waals surface area contributed by atoms with Crippen molar-refractivity contribution >= 4 is 23.2 Å². The van der Waals surface area contributed by atoms with Gasteiger partial charge in [-0.25, -0.2) is 13.9 Å². The maximum absolute atomic E-state index is 14.0. The fraction of sp³-hybridized carbons (Fsp3) is 0.458. The summed E-state index contributed by atoms with van der Waals surface area (Å²) in [5.74, 6) is -0.426. The van der Waals surface area contributed by atoms with Gasteiger partial charge in [-0.1, -0.05) is 11.6 Å². The number of hydrogen-bond donors (Lipinski definition) is 1. The van der Waals surface area contributed by atoms with Gasteiger partial charge in [0.25, 0.3) is 5.91 Å². The summed E-state index contributed by atoms with van der Waals surface area (Å²) in [5.41, 5.74) is 4.25. The van der Waals surface area contributed by atoms with E-state index < -0.39 is 5.82 Å². The molecule has 10 heteroatoms. The maximum atomic E-state index is 14.0. The highest BCUT2D eigenvalue weighted by Crippen LogP contribution is 2.34. The molecule has 34 heavy (non-hydrogen) atoms. The normalized spacial score (nSPS) is 19.6. The van der Waals surface area contributed by atoms with Gasteiger partial charge in [-0.2, -0.15) is 5.10 Å². The Morgan fingerprint density at radius 1 is 1.32 bits per heavy atom. The van der Waals surface area contributed by atoms with Crippen LogP contribution in [-0.2, 0) is 13.1 Å². The number of fused-ring (bicyclic) bond motifs is 3. The fourth-order valence-corrected chi connectivity index (χ4v) is 4.83. The summed E-state index contributed by atoms with van der Waals surface area (Å²) in [5, 5.41) is 14.3. The molecule has 0 radical (unpaired) electrons. The number of nitrogens with zero attached hydrogens (tertiary/aromatic N) is 5. The molecule has 180 valence electrons. The molecular formula is C24H27ClFN5O3. The second kappa shape index (κ2) is 8.79. The van der Waals surface area contributed by atoms with Crippen LogP contribution in [0.15, 0.2) is 18.2 Å². The zero-order valence-corrected chi connectivity index (χ0v) is 20.1. The molecule has 1 fully saturated rings. The quantitative estimate of drug-likeness (QED) is 0.575. The Morgan fingerprint density at radius 3 is 2.82 bits per heavy atom. The minimum Gasteiger partial charge on any atom is -0.489 e. The minimum atomic E-state index is -0.450. The van der Waals surface area contributed by atoms with Crippen LogP contribution in [-0.4, -0.2) is 67.8 Å². The van der Waals surface area contributed by atoms with Crippen LogP contribution in [0.3, 0.4) is 0 Å². The van der Waals surface area contributed by atoms with Gasteiger partial charge in [-0.3, -0.25) is 4.79 Å². The topological polar surface area (TPSA) is 83.2 Å². The monoisotopic (exact) mass is 487 g/mol. The van der Waals surface area contributed by atoms with Gasteiger partial charge in [0.1, 0.15) is 17.7 Å². The second-order valence-corrected chi connectivity index (χ2v) is 9.51. The lowest BCUT2D eigenvalue weighted by Crippen LogP contribution is -2.48. The van der Waals surface area contributed by atoms with Crippen molar-refractivity contribution in [1.29, 1.82) is 0 Å². The highest BCUT2D eigenvalue weighted by Gasteiger charge is 2.36. The van der Waals surface area contributed by atoms with Gasteiger partial charge < -0.3 is 19.6 Å². The third-order valence-corrected chi connectivity index (χ3v) is 7.40. The van der Waals surface area contributed by atoms with Gasteiger partial charge in [0.05, 0.1) is 47.4 Å². The summed E-state index contributed by atoms with van der Waals surface area (Å²) in [6.45, 7) is 5.14. The first-order valence-electron chi connectivity index (χ1n) is 11.4. The summed E-state index contributed by atoms with van der Waals surface area (Å²) < 4.78 is 21.8. The molecule has 2 aliphatic rings. The number of amides is 1. The van der Waals surface area contributed by atoms with Crippen LogP contribution in [0, 0.1) is 19.7 Å². The number of carbonyl (C=O) groups is 1. The molecule has 0 bridgehead atoms. The van der Waals surface area contributed by atoms with Crippen LogP contribution in [0.4, 0.5) is 4.39 Å². The van der Waals surface area contributed by atoms with Crippen LogP contribution in [0.1, 0.15) is 45.8 Å². The van der Waals surface area contributed by atoms with Gasteiger partial charge in [0, 0.05) is 37.1 Å². The van der Waals surface area contributed by atoms with Crippen molar-refractivity contribution in [2.45, 2.75) is 51.9 Å². The smallest absolute Gasteiger partial charge is 0.258 e. The molecule has 8 nitrogen and oxygen atoms in total.